The van der Waals surface area contributed by atoms with E-state index in [1.165, 1.54) is 6.92 Å². The van der Waals surface area contributed by atoms with Gasteiger partial charge in [0.15, 0.2) is 0 Å². The molecule has 1 rings (SSSR count). The predicted molar refractivity (Wildman–Crippen MR) is 82.1 cm³/mol. The van der Waals surface area contributed by atoms with Crippen LogP contribution in [-0.2, 0) is 9.59 Å². The lowest BCUT2D eigenvalue weighted by Gasteiger charge is -2.20. The fourth-order valence-electron chi connectivity index (χ4n) is 1.91. The zero-order valence-corrected chi connectivity index (χ0v) is 13.1. The van der Waals surface area contributed by atoms with Crippen LogP contribution in [0.5, 0.6) is 5.75 Å². The number of carbonyl (C=O) groups excluding carboxylic acids is 2. The maximum absolute atomic E-state index is 12.0. The zero-order valence-electron chi connectivity index (χ0n) is 13.1. The molecule has 0 aliphatic rings. The number of hydrogen-bond donors (Lipinski definition) is 2. The van der Waals surface area contributed by atoms with Gasteiger partial charge in [0, 0.05) is 6.92 Å². The summed E-state index contributed by atoms with van der Waals surface area (Å²) in [4.78, 5) is 23.1. The highest BCUT2D eigenvalue weighted by Crippen LogP contribution is 2.11. The Labute approximate surface area is 126 Å². The normalized spacial score (nSPS) is 11.9. The van der Waals surface area contributed by atoms with E-state index in [-0.39, 0.29) is 17.7 Å². The van der Waals surface area contributed by atoms with E-state index in [4.69, 9.17) is 4.74 Å². The van der Waals surface area contributed by atoms with Crippen LogP contribution in [-0.4, -0.2) is 31.0 Å². The van der Waals surface area contributed by atoms with Crippen molar-refractivity contribution >= 4 is 11.8 Å². The average Bonchev–Trinajstić information content (AvgIpc) is 2.40. The first-order chi connectivity index (χ1) is 9.90. The van der Waals surface area contributed by atoms with Gasteiger partial charge >= 0.3 is 0 Å². The summed E-state index contributed by atoms with van der Waals surface area (Å²) in [5.41, 5.74) is 1.13. The van der Waals surface area contributed by atoms with Crippen LogP contribution in [0.1, 0.15) is 26.3 Å². The van der Waals surface area contributed by atoms with Gasteiger partial charge in [-0.3, -0.25) is 9.59 Å². The van der Waals surface area contributed by atoms with E-state index in [1.54, 1.807) is 0 Å². The van der Waals surface area contributed by atoms with Crippen molar-refractivity contribution in [3.8, 4) is 5.75 Å². The molecule has 0 aliphatic heterocycles. The summed E-state index contributed by atoms with van der Waals surface area (Å²) in [6.45, 7) is 7.97. The molecule has 116 valence electrons. The molecule has 1 atom stereocenters. The Morgan fingerprint density at radius 1 is 1.29 bits per heavy atom. The van der Waals surface area contributed by atoms with Gasteiger partial charge in [0.1, 0.15) is 18.4 Å². The van der Waals surface area contributed by atoms with Crippen molar-refractivity contribution < 1.29 is 14.3 Å². The second-order valence-electron chi connectivity index (χ2n) is 5.38. The van der Waals surface area contributed by atoms with Crippen LogP contribution in [0.15, 0.2) is 24.3 Å². The Morgan fingerprint density at radius 3 is 2.57 bits per heavy atom. The fraction of sp³-hybridized carbons (Fsp3) is 0.500. The first-order valence-corrected chi connectivity index (χ1v) is 7.14. The van der Waals surface area contributed by atoms with Crippen LogP contribution in [0, 0.1) is 12.8 Å². The third kappa shape index (κ3) is 6.29. The predicted octanol–water partition coefficient (Wildman–Crippen LogP) is 1.65. The van der Waals surface area contributed by atoms with Gasteiger partial charge in [-0.1, -0.05) is 26.0 Å². The minimum absolute atomic E-state index is 0.0339. The number of rotatable bonds is 7. The summed E-state index contributed by atoms with van der Waals surface area (Å²) >= 11 is 0. The van der Waals surface area contributed by atoms with Crippen molar-refractivity contribution in [2.24, 2.45) is 5.92 Å². The molecule has 0 spiro atoms. The smallest absolute Gasteiger partial charge is 0.242 e. The maximum Gasteiger partial charge on any atom is 0.242 e. The van der Waals surface area contributed by atoms with Crippen molar-refractivity contribution in [3.05, 3.63) is 29.8 Å². The molecule has 1 aromatic rings. The van der Waals surface area contributed by atoms with Crippen LogP contribution < -0.4 is 15.4 Å². The van der Waals surface area contributed by atoms with E-state index in [0.717, 1.165) is 11.3 Å². The van der Waals surface area contributed by atoms with E-state index in [0.29, 0.717) is 13.2 Å². The number of amides is 2. The molecule has 0 radical (unpaired) electrons. The van der Waals surface area contributed by atoms with Crippen LogP contribution in [0.2, 0.25) is 0 Å². The minimum Gasteiger partial charge on any atom is -0.492 e. The second-order valence-corrected chi connectivity index (χ2v) is 5.38. The number of carbonyl (C=O) groups is 2. The van der Waals surface area contributed by atoms with Gasteiger partial charge in [0.05, 0.1) is 6.54 Å². The molecular weight excluding hydrogens is 268 g/mol. The first-order valence-electron chi connectivity index (χ1n) is 7.14. The quantitative estimate of drug-likeness (QED) is 0.751. The van der Waals surface area contributed by atoms with Gasteiger partial charge in [0.2, 0.25) is 11.8 Å². The molecule has 5 nitrogen and oxygen atoms in total. The Balaban J connectivity index is 2.36. The number of aryl methyl sites for hydroxylation is 1. The number of hydrogen-bond acceptors (Lipinski definition) is 3. The lowest BCUT2D eigenvalue weighted by molar-refractivity contribution is -0.129. The van der Waals surface area contributed by atoms with E-state index in [9.17, 15) is 9.59 Å². The molecule has 0 unspecified atom stereocenters. The fourth-order valence-corrected chi connectivity index (χ4v) is 1.91. The number of nitrogens with one attached hydrogen (secondary N) is 2. The van der Waals surface area contributed by atoms with E-state index in [1.807, 2.05) is 45.0 Å². The van der Waals surface area contributed by atoms with Gasteiger partial charge in [-0.2, -0.15) is 0 Å². The topological polar surface area (TPSA) is 67.4 Å². The third-order valence-corrected chi connectivity index (χ3v) is 2.97. The summed E-state index contributed by atoms with van der Waals surface area (Å²) in [6, 6.07) is 7.23. The van der Waals surface area contributed by atoms with E-state index < -0.39 is 6.04 Å². The molecule has 0 bridgehead atoms. The second kappa shape index (κ2) is 8.29. The van der Waals surface area contributed by atoms with Crippen LogP contribution in [0.3, 0.4) is 0 Å². The van der Waals surface area contributed by atoms with Crippen LogP contribution in [0.4, 0.5) is 0 Å². The average molecular weight is 292 g/mol. The highest BCUT2D eigenvalue weighted by molar-refractivity contribution is 5.86. The maximum atomic E-state index is 12.0. The zero-order chi connectivity index (χ0) is 15.8. The highest BCUT2D eigenvalue weighted by Gasteiger charge is 2.22. The van der Waals surface area contributed by atoms with Crippen molar-refractivity contribution in [2.45, 2.75) is 33.7 Å². The molecule has 2 N–H and O–H groups in total. The Morgan fingerprint density at radius 2 is 2.00 bits per heavy atom. The highest BCUT2D eigenvalue weighted by atomic mass is 16.5. The van der Waals surface area contributed by atoms with Gasteiger partial charge < -0.3 is 15.4 Å². The van der Waals surface area contributed by atoms with Gasteiger partial charge in [0.25, 0.3) is 0 Å². The van der Waals surface area contributed by atoms with E-state index in [2.05, 4.69) is 10.6 Å². The van der Waals surface area contributed by atoms with Crippen molar-refractivity contribution in [1.82, 2.24) is 10.6 Å². The van der Waals surface area contributed by atoms with Gasteiger partial charge in [-0.15, -0.1) is 0 Å². The Bertz CT molecular complexity index is 486. The van der Waals surface area contributed by atoms with Crippen molar-refractivity contribution in [1.29, 1.82) is 0 Å². The molecule has 5 heteroatoms. The summed E-state index contributed by atoms with van der Waals surface area (Å²) in [6.07, 6.45) is 0. The molecule has 0 aromatic heterocycles. The van der Waals surface area contributed by atoms with Crippen molar-refractivity contribution in [2.75, 3.05) is 13.2 Å². The summed E-state index contributed by atoms with van der Waals surface area (Å²) in [7, 11) is 0. The summed E-state index contributed by atoms with van der Waals surface area (Å²) in [5, 5.41) is 5.43. The molecule has 0 fully saturated rings. The SMILES string of the molecule is CC(=O)N[C@H](C(=O)NCCOc1cccc(C)c1)C(C)C. The lowest BCUT2D eigenvalue weighted by Crippen LogP contribution is -2.49. The van der Waals surface area contributed by atoms with Gasteiger partial charge in [-0.25, -0.2) is 0 Å². The monoisotopic (exact) mass is 292 g/mol. The number of benzene rings is 1. The molecule has 0 heterocycles. The standard InChI is InChI=1S/C16H24N2O3/c1-11(2)15(18-13(4)19)16(20)17-8-9-21-14-7-5-6-12(3)10-14/h5-7,10-11,15H,8-9H2,1-4H3,(H,17,20)(H,18,19)/t15-/m0/s1. The minimum atomic E-state index is -0.513. The molecule has 1 aromatic carbocycles. The number of ether oxygens (including phenoxy) is 1. The summed E-state index contributed by atoms with van der Waals surface area (Å²) in [5.74, 6) is 0.422. The van der Waals surface area contributed by atoms with Gasteiger partial charge in [-0.05, 0) is 30.5 Å². The first kappa shape index (κ1) is 17.0. The van der Waals surface area contributed by atoms with Crippen molar-refractivity contribution in [3.63, 3.8) is 0 Å². The molecule has 21 heavy (non-hydrogen) atoms. The largest absolute Gasteiger partial charge is 0.492 e. The van der Waals surface area contributed by atoms with Crippen LogP contribution in [0.25, 0.3) is 0 Å². The summed E-state index contributed by atoms with van der Waals surface area (Å²) < 4.78 is 5.56. The molecular formula is C16H24N2O3. The van der Waals surface area contributed by atoms with E-state index >= 15 is 0 Å². The third-order valence-electron chi connectivity index (χ3n) is 2.97. The molecule has 0 aliphatic carbocycles. The molecule has 0 saturated heterocycles. The molecule has 0 saturated carbocycles. The lowest BCUT2D eigenvalue weighted by atomic mass is 10.0. The Kier molecular flexibility index (Phi) is 6.72. The molecule has 2 amide bonds. The Hall–Kier alpha value is -2.04. The van der Waals surface area contributed by atoms with Crippen LogP contribution >= 0.6 is 0 Å².